The molecule has 150 valence electrons. The third-order valence-electron chi connectivity index (χ3n) is 4.51. The minimum atomic E-state index is -0.106. The summed E-state index contributed by atoms with van der Waals surface area (Å²) in [4.78, 5) is 35.9. The van der Waals surface area contributed by atoms with Gasteiger partial charge in [-0.3, -0.25) is 9.59 Å². The molecule has 1 aromatic carbocycles. The molecular weight excluding hydrogens is 410 g/mol. The number of carbonyl (C=O) groups excluding carboxylic acids is 2. The van der Waals surface area contributed by atoms with Crippen molar-refractivity contribution in [2.24, 2.45) is 5.92 Å². The van der Waals surface area contributed by atoms with Gasteiger partial charge in [0, 0.05) is 23.2 Å². The standard InChI is InChI=1S/C20H20ClN5O2S/c1-2-22-17(27)11-26(14-7-5-13(21)6-8-14)16-10-9-15-19(24-16)29-20(23-15)25-18(28)12-3-4-12/h5-10,12H,2-4,11H2,1H3,(H,22,27)(H,23,25,28). The Labute approximate surface area is 177 Å². The highest BCUT2D eigenvalue weighted by Crippen LogP contribution is 2.33. The lowest BCUT2D eigenvalue weighted by Crippen LogP contribution is -2.35. The van der Waals surface area contributed by atoms with E-state index in [1.807, 2.05) is 36.1 Å². The van der Waals surface area contributed by atoms with E-state index in [9.17, 15) is 9.59 Å². The molecule has 0 atom stereocenters. The highest BCUT2D eigenvalue weighted by molar-refractivity contribution is 7.22. The van der Waals surface area contributed by atoms with Crippen molar-refractivity contribution >= 4 is 61.7 Å². The van der Waals surface area contributed by atoms with Gasteiger partial charge < -0.3 is 15.5 Å². The Morgan fingerprint density at radius 1 is 1.17 bits per heavy atom. The number of halogens is 1. The van der Waals surface area contributed by atoms with Crippen LogP contribution in [-0.2, 0) is 9.59 Å². The Kier molecular flexibility index (Phi) is 5.64. The van der Waals surface area contributed by atoms with Crippen LogP contribution in [0.1, 0.15) is 19.8 Å². The van der Waals surface area contributed by atoms with Crippen LogP contribution in [0.4, 0.5) is 16.6 Å². The summed E-state index contributed by atoms with van der Waals surface area (Å²) < 4.78 is 0. The smallest absolute Gasteiger partial charge is 0.240 e. The predicted octanol–water partition coefficient (Wildman–Crippen LogP) is 3.97. The maximum absolute atomic E-state index is 12.3. The first kappa shape index (κ1) is 19.6. The molecule has 7 nitrogen and oxygen atoms in total. The Balaban J connectivity index is 1.64. The van der Waals surface area contributed by atoms with Crippen LogP contribution in [0, 0.1) is 5.92 Å². The molecule has 2 aromatic heterocycles. The molecule has 0 spiro atoms. The second-order valence-electron chi connectivity index (χ2n) is 6.79. The molecule has 0 saturated heterocycles. The topological polar surface area (TPSA) is 87.2 Å². The molecule has 2 heterocycles. The molecule has 29 heavy (non-hydrogen) atoms. The van der Waals surface area contributed by atoms with E-state index in [0.29, 0.717) is 32.9 Å². The van der Waals surface area contributed by atoms with Crippen LogP contribution in [0.3, 0.4) is 0 Å². The van der Waals surface area contributed by atoms with Crippen molar-refractivity contribution in [3.63, 3.8) is 0 Å². The summed E-state index contributed by atoms with van der Waals surface area (Å²) in [7, 11) is 0. The average Bonchev–Trinajstić information content (AvgIpc) is 3.47. The summed E-state index contributed by atoms with van der Waals surface area (Å²) in [6.45, 7) is 2.56. The number of likely N-dealkylation sites (N-methyl/N-ethyl adjacent to an activating group) is 1. The van der Waals surface area contributed by atoms with Gasteiger partial charge in [-0.1, -0.05) is 22.9 Å². The van der Waals surface area contributed by atoms with Crippen LogP contribution in [-0.4, -0.2) is 34.9 Å². The van der Waals surface area contributed by atoms with Gasteiger partial charge in [0.1, 0.15) is 22.7 Å². The summed E-state index contributed by atoms with van der Waals surface area (Å²) in [6.07, 6.45) is 1.88. The van der Waals surface area contributed by atoms with E-state index in [-0.39, 0.29) is 24.3 Å². The number of rotatable bonds is 7. The predicted molar refractivity (Wildman–Crippen MR) is 116 cm³/mol. The highest BCUT2D eigenvalue weighted by atomic mass is 35.5. The molecule has 4 rings (SSSR count). The van der Waals surface area contributed by atoms with Crippen LogP contribution in [0.25, 0.3) is 10.3 Å². The van der Waals surface area contributed by atoms with E-state index < -0.39 is 0 Å². The van der Waals surface area contributed by atoms with Crippen molar-refractivity contribution in [3.05, 3.63) is 41.4 Å². The number of pyridine rings is 1. The van der Waals surface area contributed by atoms with Gasteiger partial charge in [0.05, 0.1) is 0 Å². The van der Waals surface area contributed by atoms with E-state index in [4.69, 9.17) is 16.6 Å². The molecule has 1 aliphatic rings. The van der Waals surface area contributed by atoms with E-state index in [1.54, 1.807) is 12.1 Å². The number of thiazole rings is 1. The monoisotopic (exact) mass is 429 g/mol. The van der Waals surface area contributed by atoms with Gasteiger partial charge in [-0.05, 0) is 56.2 Å². The molecular formula is C20H20ClN5O2S. The third kappa shape index (κ3) is 4.65. The summed E-state index contributed by atoms with van der Waals surface area (Å²) in [6, 6.07) is 10.9. The number of hydrogen-bond acceptors (Lipinski definition) is 6. The zero-order chi connectivity index (χ0) is 20.4. The Morgan fingerprint density at radius 2 is 1.93 bits per heavy atom. The van der Waals surface area contributed by atoms with Gasteiger partial charge in [-0.15, -0.1) is 0 Å². The number of hydrogen-bond donors (Lipinski definition) is 2. The van der Waals surface area contributed by atoms with Crippen LogP contribution in [0.2, 0.25) is 5.02 Å². The van der Waals surface area contributed by atoms with Crippen molar-refractivity contribution in [1.82, 2.24) is 15.3 Å². The summed E-state index contributed by atoms with van der Waals surface area (Å²) in [5.74, 6) is 0.646. The lowest BCUT2D eigenvalue weighted by atomic mass is 10.2. The molecule has 0 unspecified atom stereocenters. The molecule has 1 fully saturated rings. The minimum Gasteiger partial charge on any atom is -0.355 e. The molecule has 0 bridgehead atoms. The lowest BCUT2D eigenvalue weighted by Gasteiger charge is -2.23. The van der Waals surface area contributed by atoms with Gasteiger partial charge in [0.25, 0.3) is 0 Å². The first-order valence-electron chi connectivity index (χ1n) is 9.41. The lowest BCUT2D eigenvalue weighted by molar-refractivity contribution is -0.119. The van der Waals surface area contributed by atoms with Gasteiger partial charge in [0.2, 0.25) is 11.8 Å². The first-order valence-corrected chi connectivity index (χ1v) is 10.6. The molecule has 1 saturated carbocycles. The number of carbonyl (C=O) groups is 2. The molecule has 2 N–H and O–H groups in total. The maximum atomic E-state index is 12.3. The van der Waals surface area contributed by atoms with Crippen molar-refractivity contribution in [2.75, 3.05) is 23.3 Å². The number of nitrogens with one attached hydrogen (secondary N) is 2. The molecule has 0 aliphatic heterocycles. The Bertz CT molecular complexity index is 1050. The van der Waals surface area contributed by atoms with E-state index in [0.717, 1.165) is 18.5 Å². The molecule has 9 heteroatoms. The SMILES string of the molecule is CCNC(=O)CN(c1ccc(Cl)cc1)c1ccc2nc(NC(=O)C3CC3)sc2n1. The average molecular weight is 430 g/mol. The zero-order valence-electron chi connectivity index (χ0n) is 15.8. The molecule has 2 amide bonds. The fourth-order valence-electron chi connectivity index (χ4n) is 2.89. The minimum absolute atomic E-state index is 0.0170. The van der Waals surface area contributed by atoms with E-state index in [2.05, 4.69) is 15.6 Å². The molecule has 0 radical (unpaired) electrons. The number of nitrogens with zero attached hydrogens (tertiary/aromatic N) is 3. The number of anilines is 3. The van der Waals surface area contributed by atoms with E-state index >= 15 is 0 Å². The van der Waals surface area contributed by atoms with Crippen molar-refractivity contribution in [1.29, 1.82) is 0 Å². The van der Waals surface area contributed by atoms with E-state index in [1.165, 1.54) is 11.3 Å². The Hall–Kier alpha value is -2.71. The highest BCUT2D eigenvalue weighted by Gasteiger charge is 2.30. The largest absolute Gasteiger partial charge is 0.355 e. The number of benzene rings is 1. The fraction of sp³-hybridized carbons (Fsp3) is 0.300. The number of fused-ring (bicyclic) bond motifs is 1. The maximum Gasteiger partial charge on any atom is 0.240 e. The van der Waals surface area contributed by atoms with Crippen LogP contribution >= 0.6 is 22.9 Å². The number of aromatic nitrogens is 2. The fourth-order valence-corrected chi connectivity index (χ4v) is 3.85. The second-order valence-corrected chi connectivity index (χ2v) is 8.21. The van der Waals surface area contributed by atoms with Crippen molar-refractivity contribution < 1.29 is 9.59 Å². The van der Waals surface area contributed by atoms with Gasteiger partial charge in [-0.25, -0.2) is 9.97 Å². The molecule has 3 aromatic rings. The number of amides is 2. The summed E-state index contributed by atoms with van der Waals surface area (Å²) in [5.41, 5.74) is 1.51. The molecule has 1 aliphatic carbocycles. The van der Waals surface area contributed by atoms with Gasteiger partial charge >= 0.3 is 0 Å². The normalized spacial score (nSPS) is 13.3. The zero-order valence-corrected chi connectivity index (χ0v) is 17.4. The quantitative estimate of drug-likeness (QED) is 0.593. The Morgan fingerprint density at radius 3 is 2.62 bits per heavy atom. The second kappa shape index (κ2) is 8.34. The van der Waals surface area contributed by atoms with Crippen molar-refractivity contribution in [3.8, 4) is 0 Å². The summed E-state index contributed by atoms with van der Waals surface area (Å²) >= 11 is 7.34. The summed E-state index contributed by atoms with van der Waals surface area (Å²) in [5, 5.41) is 6.84. The third-order valence-corrected chi connectivity index (χ3v) is 5.64. The van der Waals surface area contributed by atoms with Gasteiger partial charge in [-0.2, -0.15) is 0 Å². The first-order chi connectivity index (χ1) is 14.0. The van der Waals surface area contributed by atoms with Crippen molar-refractivity contribution in [2.45, 2.75) is 19.8 Å². The van der Waals surface area contributed by atoms with Gasteiger partial charge in [0.15, 0.2) is 5.13 Å². The van der Waals surface area contributed by atoms with Crippen LogP contribution in [0.15, 0.2) is 36.4 Å². The van der Waals surface area contributed by atoms with Crippen LogP contribution in [0.5, 0.6) is 0 Å². The van der Waals surface area contributed by atoms with Crippen LogP contribution < -0.4 is 15.5 Å².